The van der Waals surface area contributed by atoms with E-state index in [1.165, 1.54) is 0 Å². The molecule has 0 saturated carbocycles. The van der Waals surface area contributed by atoms with Crippen LogP contribution < -0.4 is 15.2 Å². The smallest absolute Gasteiger partial charge is 0.218 e. The largest absolute Gasteiger partial charge is 0.473 e. The first kappa shape index (κ1) is 14.9. The zero-order valence-electron chi connectivity index (χ0n) is 12.7. The van der Waals surface area contributed by atoms with Gasteiger partial charge in [-0.05, 0) is 11.1 Å². The molecule has 0 saturated heterocycles. The van der Waals surface area contributed by atoms with Gasteiger partial charge in [-0.15, -0.1) is 0 Å². The summed E-state index contributed by atoms with van der Waals surface area (Å²) in [5.41, 5.74) is 8.60. The van der Waals surface area contributed by atoms with Gasteiger partial charge in [-0.25, -0.2) is 0 Å². The third kappa shape index (κ3) is 4.48. The highest BCUT2D eigenvalue weighted by atomic mass is 16.5. The van der Waals surface area contributed by atoms with Gasteiger partial charge in [-0.2, -0.15) is 4.98 Å². The average molecular weight is 306 g/mol. The van der Waals surface area contributed by atoms with E-state index in [1.54, 1.807) is 12.1 Å². The van der Waals surface area contributed by atoms with Crippen LogP contribution in [0.25, 0.3) is 0 Å². The van der Waals surface area contributed by atoms with Crippen LogP contribution in [0.3, 0.4) is 0 Å². The molecular formula is C19H18N2O2. The summed E-state index contributed by atoms with van der Waals surface area (Å²) in [4.78, 5) is 4.34. The van der Waals surface area contributed by atoms with Crippen LogP contribution in [0.15, 0.2) is 72.8 Å². The van der Waals surface area contributed by atoms with Crippen molar-refractivity contribution in [3.05, 3.63) is 83.9 Å². The van der Waals surface area contributed by atoms with Crippen LogP contribution in [0.4, 0.5) is 5.69 Å². The fraction of sp³-hybridized carbons (Fsp3) is 0.105. The van der Waals surface area contributed by atoms with Crippen molar-refractivity contribution in [2.45, 2.75) is 13.2 Å². The quantitative estimate of drug-likeness (QED) is 0.752. The molecule has 0 fully saturated rings. The van der Waals surface area contributed by atoms with Crippen LogP contribution in [0.2, 0.25) is 0 Å². The summed E-state index contributed by atoms with van der Waals surface area (Å²) in [6.07, 6.45) is 0. The Morgan fingerprint density at radius 1 is 0.696 bits per heavy atom. The Morgan fingerprint density at radius 2 is 1.13 bits per heavy atom. The van der Waals surface area contributed by atoms with Gasteiger partial charge in [0.05, 0.1) is 0 Å². The van der Waals surface area contributed by atoms with Gasteiger partial charge in [0.2, 0.25) is 11.8 Å². The van der Waals surface area contributed by atoms with Crippen molar-refractivity contribution in [1.82, 2.24) is 4.98 Å². The molecule has 2 aromatic carbocycles. The van der Waals surface area contributed by atoms with E-state index < -0.39 is 0 Å². The van der Waals surface area contributed by atoms with Crippen LogP contribution in [-0.2, 0) is 13.2 Å². The van der Waals surface area contributed by atoms with Crippen molar-refractivity contribution in [2.75, 3.05) is 5.73 Å². The van der Waals surface area contributed by atoms with E-state index in [0.29, 0.717) is 30.7 Å². The highest BCUT2D eigenvalue weighted by Gasteiger charge is 2.04. The summed E-state index contributed by atoms with van der Waals surface area (Å²) in [7, 11) is 0. The van der Waals surface area contributed by atoms with Crippen LogP contribution >= 0.6 is 0 Å². The van der Waals surface area contributed by atoms with Crippen molar-refractivity contribution in [2.24, 2.45) is 0 Å². The van der Waals surface area contributed by atoms with E-state index >= 15 is 0 Å². The van der Waals surface area contributed by atoms with E-state index in [1.807, 2.05) is 60.7 Å². The second kappa shape index (κ2) is 7.31. The number of nitrogens with two attached hydrogens (primary N) is 1. The predicted molar refractivity (Wildman–Crippen MR) is 90.2 cm³/mol. The molecule has 116 valence electrons. The molecular weight excluding hydrogens is 288 g/mol. The Balaban J connectivity index is 1.64. The van der Waals surface area contributed by atoms with Crippen LogP contribution in [0.1, 0.15) is 11.1 Å². The summed E-state index contributed by atoms with van der Waals surface area (Å²) in [5.74, 6) is 0.911. The molecule has 0 aliphatic heterocycles. The molecule has 2 N–H and O–H groups in total. The van der Waals surface area contributed by atoms with Gasteiger partial charge in [0.25, 0.3) is 0 Å². The van der Waals surface area contributed by atoms with Gasteiger partial charge < -0.3 is 15.2 Å². The number of anilines is 1. The number of hydrogen-bond donors (Lipinski definition) is 1. The molecule has 0 amide bonds. The Labute approximate surface area is 135 Å². The molecule has 0 radical (unpaired) electrons. The molecule has 3 rings (SSSR count). The van der Waals surface area contributed by atoms with Gasteiger partial charge in [-0.3, -0.25) is 0 Å². The Bertz CT molecular complexity index is 684. The maximum absolute atomic E-state index is 5.90. The number of pyridine rings is 1. The number of benzene rings is 2. The van der Waals surface area contributed by atoms with Gasteiger partial charge in [0.15, 0.2) is 0 Å². The lowest BCUT2D eigenvalue weighted by atomic mass is 10.2. The molecule has 0 spiro atoms. The normalized spacial score (nSPS) is 10.3. The first-order valence-corrected chi connectivity index (χ1v) is 7.40. The SMILES string of the molecule is Nc1cc(OCc2ccccc2)nc(OCc2ccccc2)c1. The standard InChI is InChI=1S/C19H18N2O2/c20-17-11-18(22-13-15-7-3-1-4-8-15)21-19(12-17)23-14-16-9-5-2-6-10-16/h1-12H,13-14H2,(H2,20,21). The minimum atomic E-state index is 0.440. The Kier molecular flexibility index (Phi) is 4.74. The van der Waals surface area contributed by atoms with Crippen molar-refractivity contribution in [3.63, 3.8) is 0 Å². The highest BCUT2D eigenvalue weighted by molar-refractivity contribution is 5.44. The van der Waals surface area contributed by atoms with Crippen LogP contribution in [-0.4, -0.2) is 4.98 Å². The van der Waals surface area contributed by atoms with E-state index in [9.17, 15) is 0 Å². The van der Waals surface area contributed by atoms with Crippen LogP contribution in [0.5, 0.6) is 11.8 Å². The lowest BCUT2D eigenvalue weighted by Crippen LogP contribution is -2.02. The molecule has 0 atom stereocenters. The Morgan fingerprint density at radius 3 is 1.57 bits per heavy atom. The fourth-order valence-electron chi connectivity index (χ4n) is 2.11. The first-order valence-electron chi connectivity index (χ1n) is 7.40. The zero-order chi connectivity index (χ0) is 15.9. The zero-order valence-corrected chi connectivity index (χ0v) is 12.7. The van der Waals surface area contributed by atoms with Gasteiger partial charge >= 0.3 is 0 Å². The maximum Gasteiger partial charge on any atom is 0.218 e. The third-order valence-corrected chi connectivity index (χ3v) is 3.26. The van der Waals surface area contributed by atoms with Gasteiger partial charge in [0.1, 0.15) is 13.2 Å². The molecule has 0 aliphatic rings. The van der Waals surface area contributed by atoms with Gasteiger partial charge in [0, 0.05) is 17.8 Å². The topological polar surface area (TPSA) is 57.4 Å². The summed E-state index contributed by atoms with van der Waals surface area (Å²) < 4.78 is 11.4. The lowest BCUT2D eigenvalue weighted by Gasteiger charge is -2.10. The summed E-state index contributed by atoms with van der Waals surface area (Å²) in [6.45, 7) is 0.880. The number of nitrogen functional groups attached to an aromatic ring is 1. The first-order chi connectivity index (χ1) is 11.3. The van der Waals surface area contributed by atoms with Gasteiger partial charge in [-0.1, -0.05) is 60.7 Å². The molecule has 23 heavy (non-hydrogen) atoms. The fourth-order valence-corrected chi connectivity index (χ4v) is 2.11. The second-order valence-electron chi connectivity index (χ2n) is 5.13. The predicted octanol–water partition coefficient (Wildman–Crippen LogP) is 3.82. The molecule has 3 aromatic rings. The van der Waals surface area contributed by atoms with Crippen molar-refractivity contribution >= 4 is 5.69 Å². The average Bonchev–Trinajstić information content (AvgIpc) is 2.60. The molecule has 4 nitrogen and oxygen atoms in total. The number of aromatic nitrogens is 1. The molecule has 1 heterocycles. The minimum Gasteiger partial charge on any atom is -0.473 e. The highest BCUT2D eigenvalue weighted by Crippen LogP contribution is 2.21. The van der Waals surface area contributed by atoms with Crippen molar-refractivity contribution < 1.29 is 9.47 Å². The molecule has 0 unspecified atom stereocenters. The summed E-state index contributed by atoms with van der Waals surface area (Å²) in [6, 6.07) is 23.2. The molecule has 0 bridgehead atoms. The number of nitrogens with zero attached hydrogens (tertiary/aromatic N) is 1. The lowest BCUT2D eigenvalue weighted by molar-refractivity contribution is 0.268. The van der Waals surface area contributed by atoms with E-state index in [0.717, 1.165) is 11.1 Å². The molecule has 4 heteroatoms. The maximum atomic E-state index is 5.90. The summed E-state index contributed by atoms with van der Waals surface area (Å²) >= 11 is 0. The number of ether oxygens (including phenoxy) is 2. The van der Waals surface area contributed by atoms with E-state index in [4.69, 9.17) is 15.2 Å². The molecule has 1 aromatic heterocycles. The van der Waals surface area contributed by atoms with Crippen molar-refractivity contribution in [3.8, 4) is 11.8 Å². The third-order valence-electron chi connectivity index (χ3n) is 3.26. The van der Waals surface area contributed by atoms with E-state index in [-0.39, 0.29) is 0 Å². The minimum absolute atomic E-state index is 0.440. The Hall–Kier alpha value is -3.01. The van der Waals surface area contributed by atoms with Crippen LogP contribution in [0, 0.1) is 0 Å². The second-order valence-corrected chi connectivity index (χ2v) is 5.13. The molecule has 0 aliphatic carbocycles. The van der Waals surface area contributed by atoms with Crippen molar-refractivity contribution in [1.29, 1.82) is 0 Å². The number of rotatable bonds is 6. The monoisotopic (exact) mass is 306 g/mol. The van der Waals surface area contributed by atoms with E-state index in [2.05, 4.69) is 4.98 Å². The summed E-state index contributed by atoms with van der Waals surface area (Å²) in [5, 5.41) is 0. The number of hydrogen-bond acceptors (Lipinski definition) is 4.